The number of nitrogens with zero attached hydrogens (tertiary/aromatic N) is 1. The van der Waals surface area contributed by atoms with Crippen molar-refractivity contribution in [3.05, 3.63) is 51.4 Å². The monoisotopic (exact) mass is 296 g/mol. The molecule has 0 fully saturated rings. The summed E-state index contributed by atoms with van der Waals surface area (Å²) in [7, 11) is 1.60. The van der Waals surface area contributed by atoms with Crippen molar-refractivity contribution in [2.75, 3.05) is 13.7 Å². The Bertz CT molecular complexity index is 528. The first-order valence-corrected chi connectivity index (χ1v) is 6.96. The first kappa shape index (κ1) is 14.0. The summed E-state index contributed by atoms with van der Waals surface area (Å²) < 4.78 is 5.14. The molecule has 0 aliphatic carbocycles. The first-order chi connectivity index (χ1) is 9.20. The van der Waals surface area contributed by atoms with Gasteiger partial charge in [-0.25, -0.2) is 4.98 Å². The van der Waals surface area contributed by atoms with Crippen molar-refractivity contribution in [2.24, 2.45) is 0 Å². The standard InChI is InChI=1S/C13H13ClN2O2S/c1-18-6-11(9-2-4-10(14)5-3-9)16-13(17)12-7-19-8-15-12/h2-5,7-8,11H,6H2,1H3,(H,16,17)/t11-/m1/s1. The highest BCUT2D eigenvalue weighted by atomic mass is 35.5. The molecular weight excluding hydrogens is 284 g/mol. The van der Waals surface area contributed by atoms with Crippen molar-refractivity contribution < 1.29 is 9.53 Å². The molecule has 6 heteroatoms. The Morgan fingerprint density at radius 3 is 2.79 bits per heavy atom. The van der Waals surface area contributed by atoms with Crippen molar-refractivity contribution >= 4 is 28.8 Å². The van der Waals surface area contributed by atoms with Crippen molar-refractivity contribution in [3.63, 3.8) is 0 Å². The summed E-state index contributed by atoms with van der Waals surface area (Å²) in [4.78, 5) is 16.0. The molecule has 1 heterocycles. The lowest BCUT2D eigenvalue weighted by atomic mass is 10.1. The highest BCUT2D eigenvalue weighted by molar-refractivity contribution is 7.07. The molecule has 19 heavy (non-hydrogen) atoms. The zero-order valence-electron chi connectivity index (χ0n) is 10.3. The molecular formula is C13H13ClN2O2S. The SMILES string of the molecule is COC[C@@H](NC(=O)c1cscn1)c1ccc(Cl)cc1. The molecule has 0 saturated heterocycles. The van der Waals surface area contributed by atoms with Gasteiger partial charge in [0.15, 0.2) is 0 Å². The predicted molar refractivity (Wildman–Crippen MR) is 75.6 cm³/mol. The van der Waals surface area contributed by atoms with Crippen LogP contribution in [0.1, 0.15) is 22.1 Å². The quantitative estimate of drug-likeness (QED) is 0.923. The minimum Gasteiger partial charge on any atom is -0.382 e. The topological polar surface area (TPSA) is 51.2 Å². The lowest BCUT2D eigenvalue weighted by molar-refractivity contribution is 0.0892. The molecule has 1 amide bonds. The maximum atomic E-state index is 12.0. The molecule has 0 aliphatic rings. The number of nitrogens with one attached hydrogen (secondary N) is 1. The molecule has 0 radical (unpaired) electrons. The molecule has 0 bridgehead atoms. The Kier molecular flexibility index (Phi) is 4.90. The minimum atomic E-state index is -0.225. The first-order valence-electron chi connectivity index (χ1n) is 5.64. The van der Waals surface area contributed by atoms with Gasteiger partial charge in [-0.3, -0.25) is 4.79 Å². The van der Waals surface area contributed by atoms with E-state index in [9.17, 15) is 4.79 Å². The molecule has 1 aromatic heterocycles. The summed E-state index contributed by atoms with van der Waals surface area (Å²) in [6, 6.07) is 7.08. The molecule has 100 valence electrons. The van der Waals surface area contributed by atoms with Gasteiger partial charge in [0.25, 0.3) is 5.91 Å². The highest BCUT2D eigenvalue weighted by Crippen LogP contribution is 2.17. The lowest BCUT2D eigenvalue weighted by Crippen LogP contribution is -2.31. The van der Waals surface area contributed by atoms with E-state index in [1.54, 1.807) is 30.1 Å². The number of benzene rings is 1. The van der Waals surface area contributed by atoms with E-state index in [4.69, 9.17) is 16.3 Å². The lowest BCUT2D eigenvalue weighted by Gasteiger charge is -2.17. The number of carbonyl (C=O) groups excluding carboxylic acids is 1. The van der Waals surface area contributed by atoms with E-state index in [0.29, 0.717) is 17.3 Å². The molecule has 2 rings (SSSR count). The second-order valence-corrected chi connectivity index (χ2v) is 5.06. The van der Waals surface area contributed by atoms with Crippen molar-refractivity contribution in [1.82, 2.24) is 10.3 Å². The van der Waals surface area contributed by atoms with E-state index in [0.717, 1.165) is 5.56 Å². The molecule has 1 N–H and O–H groups in total. The van der Waals surface area contributed by atoms with Crippen molar-refractivity contribution in [1.29, 1.82) is 0 Å². The third-order valence-electron chi connectivity index (χ3n) is 2.58. The summed E-state index contributed by atoms with van der Waals surface area (Å²) in [5.74, 6) is -0.210. The van der Waals surface area contributed by atoms with E-state index >= 15 is 0 Å². The smallest absolute Gasteiger partial charge is 0.271 e. The van der Waals surface area contributed by atoms with Gasteiger partial charge in [-0.1, -0.05) is 23.7 Å². The maximum Gasteiger partial charge on any atom is 0.271 e. The molecule has 0 aliphatic heterocycles. The molecule has 0 unspecified atom stereocenters. The van der Waals surface area contributed by atoms with Gasteiger partial charge in [0, 0.05) is 17.5 Å². The maximum absolute atomic E-state index is 12.0. The molecule has 1 aromatic carbocycles. The summed E-state index contributed by atoms with van der Waals surface area (Å²) in [6.07, 6.45) is 0. The van der Waals surface area contributed by atoms with Gasteiger partial charge in [-0.05, 0) is 17.7 Å². The molecule has 0 saturated carbocycles. The number of thiazole rings is 1. The van der Waals surface area contributed by atoms with Crippen LogP contribution >= 0.6 is 22.9 Å². The van der Waals surface area contributed by atoms with Crippen LogP contribution in [0.4, 0.5) is 0 Å². The summed E-state index contributed by atoms with van der Waals surface area (Å²) in [5, 5.41) is 5.26. The fourth-order valence-electron chi connectivity index (χ4n) is 1.64. The number of hydrogen-bond acceptors (Lipinski definition) is 4. The Morgan fingerprint density at radius 2 is 2.21 bits per heavy atom. The third-order valence-corrected chi connectivity index (χ3v) is 3.41. The average Bonchev–Trinajstić information content (AvgIpc) is 2.93. The van der Waals surface area contributed by atoms with Gasteiger partial charge in [0.05, 0.1) is 18.2 Å². The average molecular weight is 297 g/mol. The van der Waals surface area contributed by atoms with Crippen LogP contribution in [0.5, 0.6) is 0 Å². The van der Waals surface area contributed by atoms with Gasteiger partial charge in [0.1, 0.15) is 5.69 Å². The Hall–Kier alpha value is -1.43. The van der Waals surface area contributed by atoms with Crippen LogP contribution in [0.2, 0.25) is 5.02 Å². The van der Waals surface area contributed by atoms with Crippen LogP contribution in [0.15, 0.2) is 35.2 Å². The van der Waals surface area contributed by atoms with Crippen LogP contribution in [-0.2, 0) is 4.74 Å². The summed E-state index contributed by atoms with van der Waals surface area (Å²) >= 11 is 7.24. The Balaban J connectivity index is 2.12. The second-order valence-electron chi connectivity index (χ2n) is 3.91. The van der Waals surface area contributed by atoms with Gasteiger partial charge in [0.2, 0.25) is 0 Å². The second kappa shape index (κ2) is 6.65. The number of hydrogen-bond donors (Lipinski definition) is 1. The zero-order chi connectivity index (χ0) is 13.7. The van der Waals surface area contributed by atoms with Crippen LogP contribution in [0.25, 0.3) is 0 Å². The number of methoxy groups -OCH3 is 1. The fourth-order valence-corrected chi connectivity index (χ4v) is 2.30. The van der Waals surface area contributed by atoms with Gasteiger partial charge in [-0.15, -0.1) is 11.3 Å². The largest absolute Gasteiger partial charge is 0.382 e. The summed E-state index contributed by atoms with van der Waals surface area (Å²) in [6.45, 7) is 0.386. The Labute approximate surface area is 120 Å². The number of amides is 1. The van der Waals surface area contributed by atoms with Gasteiger partial charge >= 0.3 is 0 Å². The number of aromatic nitrogens is 1. The number of ether oxygens (including phenoxy) is 1. The normalized spacial score (nSPS) is 12.1. The van der Waals surface area contributed by atoms with Crippen LogP contribution in [-0.4, -0.2) is 24.6 Å². The number of carbonyl (C=O) groups is 1. The van der Waals surface area contributed by atoms with Crippen molar-refractivity contribution in [2.45, 2.75) is 6.04 Å². The van der Waals surface area contributed by atoms with E-state index < -0.39 is 0 Å². The van der Waals surface area contributed by atoms with Crippen LogP contribution in [0, 0.1) is 0 Å². The highest BCUT2D eigenvalue weighted by Gasteiger charge is 2.16. The van der Waals surface area contributed by atoms with E-state index in [1.165, 1.54) is 11.3 Å². The minimum absolute atomic E-state index is 0.210. The van der Waals surface area contributed by atoms with Crippen molar-refractivity contribution in [3.8, 4) is 0 Å². The molecule has 4 nitrogen and oxygen atoms in total. The number of halogens is 1. The zero-order valence-corrected chi connectivity index (χ0v) is 11.9. The van der Waals surface area contributed by atoms with Gasteiger partial charge in [-0.2, -0.15) is 0 Å². The Morgan fingerprint density at radius 1 is 1.47 bits per heavy atom. The number of rotatable bonds is 5. The van der Waals surface area contributed by atoms with Gasteiger partial charge < -0.3 is 10.1 Å². The van der Waals surface area contributed by atoms with Crippen LogP contribution in [0.3, 0.4) is 0 Å². The predicted octanol–water partition coefficient (Wildman–Crippen LogP) is 2.91. The summed E-state index contributed by atoms with van der Waals surface area (Å²) in [5.41, 5.74) is 2.98. The molecule has 2 aromatic rings. The fraction of sp³-hybridized carbons (Fsp3) is 0.231. The van der Waals surface area contributed by atoms with Crippen LogP contribution < -0.4 is 5.32 Å². The molecule has 1 atom stereocenters. The third kappa shape index (κ3) is 3.76. The molecule has 0 spiro atoms. The van der Waals surface area contributed by atoms with E-state index in [-0.39, 0.29) is 11.9 Å². The van der Waals surface area contributed by atoms with E-state index in [1.807, 2.05) is 12.1 Å². The van der Waals surface area contributed by atoms with E-state index in [2.05, 4.69) is 10.3 Å².